The molecule has 0 aliphatic carbocycles. The van der Waals surface area contributed by atoms with E-state index in [0.717, 1.165) is 16.7 Å². The Bertz CT molecular complexity index is 664. The van der Waals surface area contributed by atoms with Crippen LogP contribution in [0.4, 0.5) is 4.39 Å². The molecular formula is C15H11FO3. The molecule has 0 saturated carbocycles. The second-order valence-electron chi connectivity index (χ2n) is 4.29. The van der Waals surface area contributed by atoms with Gasteiger partial charge in [-0.1, -0.05) is 6.07 Å². The molecule has 3 rings (SSSR count). The van der Waals surface area contributed by atoms with Gasteiger partial charge in [-0.05, 0) is 35.9 Å². The Hall–Kier alpha value is -2.36. The Labute approximate surface area is 109 Å². The normalized spacial score (nSPS) is 12.1. The second kappa shape index (κ2) is 4.39. The van der Waals surface area contributed by atoms with Crippen LogP contribution in [0, 0.1) is 5.82 Å². The van der Waals surface area contributed by atoms with E-state index in [2.05, 4.69) is 4.74 Å². The van der Waals surface area contributed by atoms with Gasteiger partial charge in [0.15, 0.2) is 0 Å². The first kappa shape index (κ1) is 11.7. The number of methoxy groups -OCH3 is 1. The quantitative estimate of drug-likeness (QED) is 0.737. The molecule has 0 spiro atoms. The highest BCUT2D eigenvalue weighted by molar-refractivity contribution is 5.91. The van der Waals surface area contributed by atoms with Crippen LogP contribution in [0.15, 0.2) is 36.4 Å². The van der Waals surface area contributed by atoms with Crippen LogP contribution in [0.1, 0.15) is 15.9 Å². The fourth-order valence-corrected chi connectivity index (χ4v) is 2.21. The van der Waals surface area contributed by atoms with Crippen molar-refractivity contribution in [1.82, 2.24) is 0 Å². The molecule has 0 atom stereocenters. The minimum Gasteiger partial charge on any atom is -0.488 e. The number of hydrogen-bond donors (Lipinski definition) is 0. The van der Waals surface area contributed by atoms with Crippen LogP contribution in [0.3, 0.4) is 0 Å². The lowest BCUT2D eigenvalue weighted by Crippen LogP contribution is -2.08. The Morgan fingerprint density at radius 2 is 2.00 bits per heavy atom. The van der Waals surface area contributed by atoms with Crippen LogP contribution in [0.25, 0.3) is 11.1 Å². The molecule has 96 valence electrons. The van der Waals surface area contributed by atoms with Crippen molar-refractivity contribution in [2.45, 2.75) is 6.61 Å². The lowest BCUT2D eigenvalue weighted by Gasteiger charge is -2.21. The van der Waals surface area contributed by atoms with E-state index in [-0.39, 0.29) is 5.82 Å². The smallest absolute Gasteiger partial charge is 0.337 e. The molecule has 3 nitrogen and oxygen atoms in total. The molecule has 2 aromatic rings. The van der Waals surface area contributed by atoms with Crippen molar-refractivity contribution in [3.05, 3.63) is 53.3 Å². The highest BCUT2D eigenvalue weighted by Crippen LogP contribution is 2.38. The van der Waals surface area contributed by atoms with E-state index >= 15 is 0 Å². The van der Waals surface area contributed by atoms with Gasteiger partial charge in [0.2, 0.25) is 0 Å². The van der Waals surface area contributed by atoms with Crippen molar-refractivity contribution in [3.63, 3.8) is 0 Å². The molecule has 4 heteroatoms. The number of fused-ring (bicyclic) bond motifs is 3. The molecule has 0 aromatic heterocycles. The summed E-state index contributed by atoms with van der Waals surface area (Å²) in [5.41, 5.74) is 3.03. The third kappa shape index (κ3) is 1.95. The SMILES string of the molecule is COC(=O)c1ccc2c(c1)OCc1cc(F)ccc1-2. The van der Waals surface area contributed by atoms with E-state index in [1.807, 2.05) is 0 Å². The van der Waals surface area contributed by atoms with Crippen LogP contribution in [-0.2, 0) is 11.3 Å². The van der Waals surface area contributed by atoms with E-state index in [0.29, 0.717) is 17.9 Å². The van der Waals surface area contributed by atoms with Crippen molar-refractivity contribution >= 4 is 5.97 Å². The van der Waals surface area contributed by atoms with Crippen molar-refractivity contribution < 1.29 is 18.7 Å². The van der Waals surface area contributed by atoms with E-state index in [4.69, 9.17) is 4.74 Å². The van der Waals surface area contributed by atoms with E-state index < -0.39 is 5.97 Å². The van der Waals surface area contributed by atoms with Crippen molar-refractivity contribution in [2.75, 3.05) is 7.11 Å². The summed E-state index contributed by atoms with van der Waals surface area (Å²) < 4.78 is 23.4. The molecule has 0 N–H and O–H groups in total. The van der Waals surface area contributed by atoms with Gasteiger partial charge in [-0.25, -0.2) is 9.18 Å². The topological polar surface area (TPSA) is 35.5 Å². The second-order valence-corrected chi connectivity index (χ2v) is 4.29. The van der Waals surface area contributed by atoms with Gasteiger partial charge in [0.1, 0.15) is 18.2 Å². The maximum atomic E-state index is 13.2. The zero-order valence-electron chi connectivity index (χ0n) is 10.3. The number of benzene rings is 2. The Balaban J connectivity index is 2.10. The molecule has 1 heterocycles. The maximum absolute atomic E-state index is 13.2. The van der Waals surface area contributed by atoms with Gasteiger partial charge in [0, 0.05) is 11.1 Å². The van der Waals surface area contributed by atoms with Crippen molar-refractivity contribution in [3.8, 4) is 16.9 Å². The lowest BCUT2D eigenvalue weighted by atomic mass is 9.96. The molecule has 1 aliphatic heterocycles. The largest absolute Gasteiger partial charge is 0.488 e. The maximum Gasteiger partial charge on any atom is 0.337 e. The highest BCUT2D eigenvalue weighted by atomic mass is 19.1. The van der Waals surface area contributed by atoms with Gasteiger partial charge in [0.25, 0.3) is 0 Å². The summed E-state index contributed by atoms with van der Waals surface area (Å²) in [6.45, 7) is 0.296. The molecule has 0 saturated heterocycles. The molecular weight excluding hydrogens is 247 g/mol. The van der Waals surface area contributed by atoms with E-state index in [1.165, 1.54) is 19.2 Å². The number of hydrogen-bond acceptors (Lipinski definition) is 3. The van der Waals surface area contributed by atoms with E-state index in [9.17, 15) is 9.18 Å². The summed E-state index contributed by atoms with van der Waals surface area (Å²) in [7, 11) is 1.33. The van der Waals surface area contributed by atoms with Crippen molar-refractivity contribution in [2.24, 2.45) is 0 Å². The minimum atomic E-state index is -0.406. The molecule has 0 amide bonds. The Morgan fingerprint density at radius 1 is 1.21 bits per heavy atom. The summed E-state index contributed by atoms with van der Waals surface area (Å²) in [5.74, 6) is -0.0738. The van der Waals surface area contributed by atoms with Gasteiger partial charge < -0.3 is 9.47 Å². The van der Waals surface area contributed by atoms with Gasteiger partial charge in [-0.3, -0.25) is 0 Å². The highest BCUT2D eigenvalue weighted by Gasteiger charge is 2.19. The van der Waals surface area contributed by atoms with Crippen LogP contribution in [0.2, 0.25) is 0 Å². The molecule has 0 bridgehead atoms. The number of ether oxygens (including phenoxy) is 2. The Morgan fingerprint density at radius 3 is 2.79 bits per heavy atom. The predicted octanol–water partition coefficient (Wildman–Crippen LogP) is 3.17. The summed E-state index contributed by atoms with van der Waals surface area (Å²) in [6.07, 6.45) is 0. The summed E-state index contributed by atoms with van der Waals surface area (Å²) in [4.78, 5) is 11.5. The third-order valence-corrected chi connectivity index (χ3v) is 3.14. The monoisotopic (exact) mass is 258 g/mol. The number of carbonyl (C=O) groups is 1. The van der Waals surface area contributed by atoms with E-state index in [1.54, 1.807) is 24.3 Å². The molecule has 1 aliphatic rings. The molecule has 2 aromatic carbocycles. The lowest BCUT2D eigenvalue weighted by molar-refractivity contribution is 0.0600. The minimum absolute atomic E-state index is 0.281. The molecule has 19 heavy (non-hydrogen) atoms. The fourth-order valence-electron chi connectivity index (χ4n) is 2.21. The first-order valence-electron chi connectivity index (χ1n) is 5.83. The number of halogens is 1. The van der Waals surface area contributed by atoms with Gasteiger partial charge in [-0.15, -0.1) is 0 Å². The molecule has 0 fully saturated rings. The van der Waals surface area contributed by atoms with Crippen LogP contribution < -0.4 is 4.74 Å². The fraction of sp³-hybridized carbons (Fsp3) is 0.133. The summed E-state index contributed by atoms with van der Waals surface area (Å²) in [6, 6.07) is 9.72. The summed E-state index contributed by atoms with van der Waals surface area (Å²) in [5, 5.41) is 0. The van der Waals surface area contributed by atoms with Gasteiger partial charge in [-0.2, -0.15) is 0 Å². The first-order chi connectivity index (χ1) is 9.19. The van der Waals surface area contributed by atoms with Gasteiger partial charge >= 0.3 is 5.97 Å². The average molecular weight is 258 g/mol. The number of carbonyl (C=O) groups excluding carboxylic acids is 1. The van der Waals surface area contributed by atoms with Crippen LogP contribution in [-0.4, -0.2) is 13.1 Å². The zero-order chi connectivity index (χ0) is 13.4. The molecule has 0 unspecified atom stereocenters. The van der Waals surface area contributed by atoms with Crippen LogP contribution >= 0.6 is 0 Å². The van der Waals surface area contributed by atoms with Crippen LogP contribution in [0.5, 0.6) is 5.75 Å². The standard InChI is InChI=1S/C15H11FO3/c1-18-15(17)9-2-4-13-12-5-3-11(16)6-10(12)8-19-14(13)7-9/h2-7H,8H2,1H3. The number of rotatable bonds is 1. The predicted molar refractivity (Wildman–Crippen MR) is 67.5 cm³/mol. The third-order valence-electron chi connectivity index (χ3n) is 3.14. The first-order valence-corrected chi connectivity index (χ1v) is 5.83. The summed E-state index contributed by atoms with van der Waals surface area (Å²) >= 11 is 0. The number of esters is 1. The van der Waals surface area contributed by atoms with Crippen molar-refractivity contribution in [1.29, 1.82) is 0 Å². The zero-order valence-corrected chi connectivity index (χ0v) is 10.3. The Kier molecular flexibility index (Phi) is 2.71. The average Bonchev–Trinajstić information content (AvgIpc) is 2.45. The van der Waals surface area contributed by atoms with Gasteiger partial charge in [0.05, 0.1) is 12.7 Å². The molecule has 0 radical (unpaired) electrons.